The predicted molar refractivity (Wildman–Crippen MR) is 64.8 cm³/mol. The van der Waals surface area contributed by atoms with Crippen LogP contribution in [-0.2, 0) is 17.8 Å². The Morgan fingerprint density at radius 3 is 3.19 bits per heavy atom. The molecule has 0 saturated heterocycles. The van der Waals surface area contributed by atoms with Crippen LogP contribution in [0.4, 0.5) is 0 Å². The second kappa shape index (κ2) is 4.97. The SMILES string of the molecule is CCC(CC(=O)O)N1CCc2sccc2C1. The molecule has 3 nitrogen and oxygen atoms in total. The summed E-state index contributed by atoms with van der Waals surface area (Å²) in [5.41, 5.74) is 1.39. The van der Waals surface area contributed by atoms with Crippen molar-refractivity contribution < 1.29 is 9.90 Å². The number of fused-ring (bicyclic) bond motifs is 1. The molecule has 0 fully saturated rings. The van der Waals surface area contributed by atoms with E-state index in [4.69, 9.17) is 5.11 Å². The van der Waals surface area contributed by atoms with Crippen LogP contribution in [0.15, 0.2) is 11.4 Å². The molecule has 1 aromatic heterocycles. The highest BCUT2D eigenvalue weighted by Gasteiger charge is 2.24. The molecule has 0 saturated carbocycles. The van der Waals surface area contributed by atoms with E-state index < -0.39 is 5.97 Å². The lowest BCUT2D eigenvalue weighted by molar-refractivity contribution is -0.138. The normalized spacial score (nSPS) is 18.1. The standard InChI is InChI=1S/C12H17NO2S/c1-2-10(7-12(14)15)13-5-3-11-9(8-13)4-6-16-11/h4,6,10H,2-3,5,7-8H2,1H3,(H,14,15). The van der Waals surface area contributed by atoms with E-state index in [-0.39, 0.29) is 12.5 Å². The van der Waals surface area contributed by atoms with Crippen molar-refractivity contribution in [2.24, 2.45) is 0 Å². The van der Waals surface area contributed by atoms with Gasteiger partial charge >= 0.3 is 5.97 Å². The summed E-state index contributed by atoms with van der Waals surface area (Å²) >= 11 is 1.82. The summed E-state index contributed by atoms with van der Waals surface area (Å²) in [5, 5.41) is 11.0. The summed E-state index contributed by atoms with van der Waals surface area (Å²) in [7, 11) is 0. The Morgan fingerprint density at radius 2 is 2.50 bits per heavy atom. The first-order valence-corrected chi connectivity index (χ1v) is 6.59. The average Bonchev–Trinajstić information content (AvgIpc) is 2.72. The number of hydrogen-bond acceptors (Lipinski definition) is 3. The third-order valence-corrected chi connectivity index (χ3v) is 4.26. The summed E-state index contributed by atoms with van der Waals surface area (Å²) < 4.78 is 0. The topological polar surface area (TPSA) is 40.5 Å². The van der Waals surface area contributed by atoms with Gasteiger partial charge in [0.15, 0.2) is 0 Å². The van der Waals surface area contributed by atoms with E-state index in [0.717, 1.165) is 25.9 Å². The first-order chi connectivity index (χ1) is 7.70. The molecule has 1 aliphatic heterocycles. The van der Waals surface area contributed by atoms with Crippen LogP contribution in [0.1, 0.15) is 30.2 Å². The molecule has 1 unspecified atom stereocenters. The Hall–Kier alpha value is -0.870. The molecule has 0 bridgehead atoms. The third-order valence-electron chi connectivity index (χ3n) is 3.24. The zero-order valence-corrected chi connectivity index (χ0v) is 10.3. The minimum absolute atomic E-state index is 0.186. The molecule has 88 valence electrons. The van der Waals surface area contributed by atoms with Crippen LogP contribution in [-0.4, -0.2) is 28.6 Å². The Balaban J connectivity index is 2.03. The van der Waals surface area contributed by atoms with Crippen molar-refractivity contribution in [2.75, 3.05) is 6.54 Å². The largest absolute Gasteiger partial charge is 0.481 e. The number of nitrogens with zero attached hydrogens (tertiary/aromatic N) is 1. The highest BCUT2D eigenvalue weighted by molar-refractivity contribution is 7.10. The molecule has 2 rings (SSSR count). The zero-order chi connectivity index (χ0) is 11.5. The van der Waals surface area contributed by atoms with Crippen LogP contribution in [0.25, 0.3) is 0 Å². The fourth-order valence-corrected chi connectivity index (χ4v) is 3.20. The maximum Gasteiger partial charge on any atom is 0.304 e. The number of aliphatic carboxylic acids is 1. The van der Waals surface area contributed by atoms with Gasteiger partial charge in [-0.1, -0.05) is 6.92 Å². The summed E-state index contributed by atoms with van der Waals surface area (Å²) in [6, 6.07) is 2.35. The van der Waals surface area contributed by atoms with E-state index in [1.807, 2.05) is 11.3 Å². The molecule has 1 N–H and O–H groups in total. The minimum Gasteiger partial charge on any atom is -0.481 e. The third kappa shape index (κ3) is 2.44. The van der Waals surface area contributed by atoms with Crippen molar-refractivity contribution in [2.45, 2.75) is 38.8 Å². The van der Waals surface area contributed by atoms with Crippen LogP contribution in [0, 0.1) is 0 Å². The van der Waals surface area contributed by atoms with E-state index >= 15 is 0 Å². The molecule has 0 aliphatic carbocycles. The van der Waals surface area contributed by atoms with Crippen molar-refractivity contribution in [1.29, 1.82) is 0 Å². The van der Waals surface area contributed by atoms with Crippen LogP contribution < -0.4 is 0 Å². The first kappa shape index (κ1) is 11.6. The smallest absolute Gasteiger partial charge is 0.304 e. The molecule has 0 spiro atoms. The maximum atomic E-state index is 10.8. The van der Waals surface area contributed by atoms with Gasteiger partial charge in [-0.25, -0.2) is 0 Å². The summed E-state index contributed by atoms with van der Waals surface area (Å²) in [6.07, 6.45) is 2.24. The van der Waals surface area contributed by atoms with Crippen LogP contribution >= 0.6 is 11.3 Å². The number of hydrogen-bond donors (Lipinski definition) is 1. The molecule has 0 aromatic carbocycles. The van der Waals surface area contributed by atoms with Crippen molar-refractivity contribution >= 4 is 17.3 Å². The lowest BCUT2D eigenvalue weighted by Crippen LogP contribution is -2.39. The lowest BCUT2D eigenvalue weighted by Gasteiger charge is -2.33. The Morgan fingerprint density at radius 1 is 1.69 bits per heavy atom. The second-order valence-corrected chi connectivity index (χ2v) is 5.25. The quantitative estimate of drug-likeness (QED) is 0.877. The van der Waals surface area contributed by atoms with Crippen molar-refractivity contribution in [3.8, 4) is 0 Å². The summed E-state index contributed by atoms with van der Waals surface area (Å²) in [6.45, 7) is 3.99. The Kier molecular flexibility index (Phi) is 3.61. The molecular weight excluding hydrogens is 222 g/mol. The highest BCUT2D eigenvalue weighted by atomic mass is 32.1. The Bertz CT molecular complexity index is 375. The average molecular weight is 239 g/mol. The van der Waals surface area contributed by atoms with Crippen molar-refractivity contribution in [1.82, 2.24) is 4.90 Å². The van der Waals surface area contributed by atoms with Gasteiger partial charge in [0.25, 0.3) is 0 Å². The molecule has 1 aromatic rings. The fraction of sp³-hybridized carbons (Fsp3) is 0.583. The van der Waals surface area contributed by atoms with Gasteiger partial charge in [0.05, 0.1) is 6.42 Å². The van der Waals surface area contributed by atoms with Gasteiger partial charge in [0, 0.05) is 24.0 Å². The lowest BCUT2D eigenvalue weighted by atomic mass is 10.0. The van der Waals surface area contributed by atoms with Crippen molar-refractivity contribution in [3.05, 3.63) is 21.9 Å². The van der Waals surface area contributed by atoms with E-state index in [1.54, 1.807) is 0 Å². The fourth-order valence-electron chi connectivity index (χ4n) is 2.32. The second-order valence-electron chi connectivity index (χ2n) is 4.25. The zero-order valence-electron chi connectivity index (χ0n) is 9.48. The van der Waals surface area contributed by atoms with Crippen LogP contribution in [0.3, 0.4) is 0 Å². The summed E-state index contributed by atoms with van der Waals surface area (Å²) in [5.74, 6) is -0.692. The van der Waals surface area contributed by atoms with Gasteiger partial charge in [-0.05, 0) is 29.9 Å². The van der Waals surface area contributed by atoms with Crippen LogP contribution in [0.5, 0.6) is 0 Å². The number of rotatable bonds is 4. The molecule has 0 radical (unpaired) electrons. The van der Waals surface area contributed by atoms with Gasteiger partial charge in [0.1, 0.15) is 0 Å². The molecular formula is C12H17NO2S. The van der Waals surface area contributed by atoms with Crippen molar-refractivity contribution in [3.63, 3.8) is 0 Å². The minimum atomic E-state index is -0.692. The first-order valence-electron chi connectivity index (χ1n) is 5.71. The highest BCUT2D eigenvalue weighted by Crippen LogP contribution is 2.26. The van der Waals surface area contributed by atoms with Gasteiger partial charge in [-0.3, -0.25) is 9.69 Å². The van der Waals surface area contributed by atoms with E-state index in [2.05, 4.69) is 23.3 Å². The molecule has 1 aliphatic rings. The monoisotopic (exact) mass is 239 g/mol. The van der Waals surface area contributed by atoms with Gasteiger partial charge in [-0.2, -0.15) is 0 Å². The van der Waals surface area contributed by atoms with E-state index in [1.165, 1.54) is 10.4 Å². The summed E-state index contributed by atoms with van der Waals surface area (Å²) in [4.78, 5) is 14.6. The van der Waals surface area contributed by atoms with Gasteiger partial charge < -0.3 is 5.11 Å². The number of carbonyl (C=O) groups is 1. The van der Waals surface area contributed by atoms with Crippen LogP contribution in [0.2, 0.25) is 0 Å². The van der Waals surface area contributed by atoms with E-state index in [9.17, 15) is 4.79 Å². The van der Waals surface area contributed by atoms with Gasteiger partial charge in [0.2, 0.25) is 0 Å². The number of carboxylic acid groups (broad SMARTS) is 1. The Labute approximate surface area is 99.7 Å². The maximum absolute atomic E-state index is 10.8. The molecule has 4 heteroatoms. The van der Waals surface area contributed by atoms with Gasteiger partial charge in [-0.15, -0.1) is 11.3 Å². The molecule has 16 heavy (non-hydrogen) atoms. The molecule has 1 atom stereocenters. The predicted octanol–water partition coefficient (Wildman–Crippen LogP) is 2.36. The number of thiophene rings is 1. The molecule has 2 heterocycles. The number of carboxylic acids is 1. The molecule has 0 amide bonds. The van der Waals surface area contributed by atoms with E-state index in [0.29, 0.717) is 0 Å².